The number of carbonyl (C=O) groups is 2. The SMILES string of the molecule is CCc1nc2c(C(N)=O)cc(-c3ccnc(NC(=O)OC(C)(C)C)c3)cc2n1-c1ccnc2cccc(F)c12. The molecule has 198 valence electrons. The Morgan fingerprint density at radius 2 is 1.82 bits per heavy atom. The van der Waals surface area contributed by atoms with Crippen LogP contribution in [0.2, 0.25) is 0 Å². The van der Waals surface area contributed by atoms with Gasteiger partial charge in [0, 0.05) is 18.8 Å². The van der Waals surface area contributed by atoms with Crippen LogP contribution in [0.1, 0.15) is 43.9 Å². The molecule has 0 saturated heterocycles. The van der Waals surface area contributed by atoms with Gasteiger partial charge >= 0.3 is 6.09 Å². The Morgan fingerprint density at radius 1 is 1.05 bits per heavy atom. The summed E-state index contributed by atoms with van der Waals surface area (Å²) in [6, 6.07) is 13.4. The summed E-state index contributed by atoms with van der Waals surface area (Å²) in [5.41, 5.74) is 8.66. The second kappa shape index (κ2) is 9.79. The Bertz CT molecular complexity index is 1750. The standard InChI is InChI=1S/C29H27FN6O3/c1-5-24-35-26-18(27(31)37)13-17(16-9-11-33-23(15-16)34-28(38)39-29(2,3)4)14-22(26)36(24)21-10-12-32-20-8-6-7-19(30)25(20)21/h6-15H,5H2,1-4H3,(H2,31,37)(H,33,34,38). The van der Waals surface area contributed by atoms with E-state index < -0.39 is 23.4 Å². The highest BCUT2D eigenvalue weighted by molar-refractivity contribution is 6.07. The molecule has 0 aliphatic rings. The number of hydrogen-bond donors (Lipinski definition) is 2. The highest BCUT2D eigenvalue weighted by Crippen LogP contribution is 2.33. The van der Waals surface area contributed by atoms with Crippen LogP contribution in [-0.4, -0.2) is 37.1 Å². The number of fused-ring (bicyclic) bond motifs is 2. The quantitative estimate of drug-likeness (QED) is 0.299. The van der Waals surface area contributed by atoms with Crippen LogP contribution in [0.3, 0.4) is 0 Å². The van der Waals surface area contributed by atoms with E-state index in [0.29, 0.717) is 51.0 Å². The molecule has 0 radical (unpaired) electrons. The fourth-order valence-corrected chi connectivity index (χ4v) is 4.50. The number of nitrogens with two attached hydrogens (primary N) is 1. The summed E-state index contributed by atoms with van der Waals surface area (Å²) in [7, 11) is 0. The summed E-state index contributed by atoms with van der Waals surface area (Å²) in [5.74, 6) is -0.173. The lowest BCUT2D eigenvalue weighted by Crippen LogP contribution is -2.27. The number of aryl methyl sites for hydroxylation is 1. The smallest absolute Gasteiger partial charge is 0.413 e. The minimum absolute atomic E-state index is 0.216. The Hall–Kier alpha value is -4.86. The summed E-state index contributed by atoms with van der Waals surface area (Å²) in [6.07, 6.45) is 3.02. The Kier molecular flexibility index (Phi) is 6.47. The molecule has 0 aliphatic heterocycles. The van der Waals surface area contributed by atoms with Crippen molar-refractivity contribution >= 4 is 39.8 Å². The minimum Gasteiger partial charge on any atom is -0.444 e. The van der Waals surface area contributed by atoms with Gasteiger partial charge in [-0.3, -0.25) is 19.7 Å². The van der Waals surface area contributed by atoms with Crippen LogP contribution in [0.4, 0.5) is 15.0 Å². The Morgan fingerprint density at radius 3 is 2.54 bits per heavy atom. The predicted molar refractivity (Wildman–Crippen MR) is 147 cm³/mol. The number of rotatable bonds is 5. The average Bonchev–Trinajstić information content (AvgIpc) is 3.25. The van der Waals surface area contributed by atoms with Gasteiger partial charge in [-0.25, -0.2) is 19.2 Å². The third-order valence-corrected chi connectivity index (χ3v) is 6.07. The van der Waals surface area contributed by atoms with Crippen molar-refractivity contribution in [2.75, 3.05) is 5.32 Å². The Labute approximate surface area is 223 Å². The summed E-state index contributed by atoms with van der Waals surface area (Å²) < 4.78 is 22.2. The number of imidazole rings is 1. The number of pyridine rings is 2. The first-order chi connectivity index (χ1) is 18.6. The Balaban J connectivity index is 1.71. The van der Waals surface area contributed by atoms with Crippen molar-refractivity contribution in [2.45, 2.75) is 39.7 Å². The van der Waals surface area contributed by atoms with Gasteiger partial charge < -0.3 is 10.5 Å². The molecule has 39 heavy (non-hydrogen) atoms. The van der Waals surface area contributed by atoms with E-state index in [9.17, 15) is 9.59 Å². The van der Waals surface area contributed by atoms with Gasteiger partial charge in [0.1, 0.15) is 28.6 Å². The van der Waals surface area contributed by atoms with Crippen LogP contribution in [0.15, 0.2) is 60.9 Å². The van der Waals surface area contributed by atoms with Crippen LogP contribution in [0.25, 0.3) is 38.8 Å². The molecule has 5 aromatic rings. The monoisotopic (exact) mass is 526 g/mol. The molecule has 0 bridgehead atoms. The van der Waals surface area contributed by atoms with E-state index in [2.05, 4.69) is 15.3 Å². The maximum atomic E-state index is 15.1. The second-order valence-corrected chi connectivity index (χ2v) is 9.99. The van der Waals surface area contributed by atoms with E-state index in [-0.39, 0.29) is 11.4 Å². The van der Waals surface area contributed by atoms with E-state index in [4.69, 9.17) is 15.5 Å². The van der Waals surface area contributed by atoms with Crippen LogP contribution in [0.5, 0.6) is 0 Å². The van der Waals surface area contributed by atoms with Gasteiger partial charge in [0.2, 0.25) is 0 Å². The van der Waals surface area contributed by atoms with Crippen LogP contribution < -0.4 is 11.1 Å². The van der Waals surface area contributed by atoms with Gasteiger partial charge in [-0.2, -0.15) is 0 Å². The maximum absolute atomic E-state index is 15.1. The van der Waals surface area contributed by atoms with Crippen molar-refractivity contribution in [3.8, 4) is 16.8 Å². The summed E-state index contributed by atoms with van der Waals surface area (Å²) in [6.45, 7) is 7.23. The van der Waals surface area contributed by atoms with Gasteiger partial charge in [-0.05, 0) is 74.4 Å². The number of primary amides is 1. The first kappa shape index (κ1) is 25.8. The van der Waals surface area contributed by atoms with E-state index >= 15 is 4.39 Å². The molecule has 10 heteroatoms. The second-order valence-electron chi connectivity index (χ2n) is 9.99. The number of nitrogens with zero attached hydrogens (tertiary/aromatic N) is 4. The number of anilines is 1. The molecule has 2 amide bonds. The zero-order chi connectivity index (χ0) is 27.9. The molecule has 0 spiro atoms. The van der Waals surface area contributed by atoms with Crippen molar-refractivity contribution < 1.29 is 18.7 Å². The van der Waals surface area contributed by atoms with Crippen molar-refractivity contribution in [1.82, 2.24) is 19.5 Å². The average molecular weight is 527 g/mol. The van der Waals surface area contributed by atoms with Crippen LogP contribution >= 0.6 is 0 Å². The summed E-state index contributed by atoms with van der Waals surface area (Å²) in [5, 5.41) is 2.97. The van der Waals surface area contributed by atoms with Crippen molar-refractivity contribution in [2.24, 2.45) is 5.73 Å². The van der Waals surface area contributed by atoms with Crippen LogP contribution in [0, 0.1) is 5.82 Å². The number of aromatic nitrogens is 4. The van der Waals surface area contributed by atoms with E-state index in [1.165, 1.54) is 12.3 Å². The number of ether oxygens (including phenoxy) is 1. The molecule has 0 fully saturated rings. The molecular formula is C29H27FN6O3. The lowest BCUT2D eigenvalue weighted by molar-refractivity contribution is 0.0635. The maximum Gasteiger partial charge on any atom is 0.413 e. The largest absolute Gasteiger partial charge is 0.444 e. The van der Waals surface area contributed by atoms with Gasteiger partial charge in [-0.1, -0.05) is 13.0 Å². The lowest BCUT2D eigenvalue weighted by Gasteiger charge is -2.19. The molecular weight excluding hydrogens is 499 g/mol. The lowest BCUT2D eigenvalue weighted by atomic mass is 10.0. The van der Waals surface area contributed by atoms with Crippen molar-refractivity contribution in [3.05, 3.63) is 78.1 Å². The first-order valence-electron chi connectivity index (χ1n) is 12.4. The third-order valence-electron chi connectivity index (χ3n) is 6.07. The summed E-state index contributed by atoms with van der Waals surface area (Å²) in [4.78, 5) is 38.1. The molecule has 3 aromatic heterocycles. The number of carbonyl (C=O) groups excluding carboxylic acids is 2. The van der Waals surface area contributed by atoms with Crippen molar-refractivity contribution in [1.29, 1.82) is 0 Å². The number of hydrogen-bond acceptors (Lipinski definition) is 6. The fourth-order valence-electron chi connectivity index (χ4n) is 4.50. The number of amides is 2. The van der Waals surface area contributed by atoms with Crippen molar-refractivity contribution in [3.63, 3.8) is 0 Å². The first-order valence-corrected chi connectivity index (χ1v) is 12.4. The molecule has 9 nitrogen and oxygen atoms in total. The van der Waals surface area contributed by atoms with E-state index in [1.807, 2.05) is 17.6 Å². The molecule has 3 N–H and O–H groups in total. The van der Waals surface area contributed by atoms with Gasteiger partial charge in [-0.15, -0.1) is 0 Å². The van der Waals surface area contributed by atoms with Crippen LogP contribution in [-0.2, 0) is 11.2 Å². The zero-order valence-corrected chi connectivity index (χ0v) is 21.9. The topological polar surface area (TPSA) is 125 Å². The number of benzene rings is 2. The predicted octanol–water partition coefficient (Wildman–Crippen LogP) is 5.78. The fraction of sp³-hybridized carbons (Fsp3) is 0.207. The molecule has 0 unspecified atom stereocenters. The van der Waals surface area contributed by atoms with Gasteiger partial charge in [0.25, 0.3) is 5.91 Å². The molecule has 5 rings (SSSR count). The number of nitrogens with one attached hydrogen (secondary N) is 1. The third kappa shape index (κ3) is 5.00. The highest BCUT2D eigenvalue weighted by Gasteiger charge is 2.22. The number of halogens is 1. The molecule has 0 aliphatic carbocycles. The molecule has 0 atom stereocenters. The van der Waals surface area contributed by atoms with E-state index in [0.717, 1.165) is 0 Å². The van der Waals surface area contributed by atoms with Gasteiger partial charge in [0.15, 0.2) is 0 Å². The summed E-state index contributed by atoms with van der Waals surface area (Å²) >= 11 is 0. The highest BCUT2D eigenvalue weighted by atomic mass is 19.1. The molecule has 3 heterocycles. The zero-order valence-electron chi connectivity index (χ0n) is 21.9. The molecule has 0 saturated carbocycles. The van der Waals surface area contributed by atoms with Gasteiger partial charge in [0.05, 0.1) is 27.7 Å². The normalized spacial score (nSPS) is 11.6. The minimum atomic E-state index is -0.672. The molecule has 2 aromatic carbocycles. The van der Waals surface area contributed by atoms with E-state index in [1.54, 1.807) is 63.4 Å².